The van der Waals surface area contributed by atoms with Crippen LogP contribution in [0.3, 0.4) is 0 Å². The van der Waals surface area contributed by atoms with Gasteiger partial charge in [0.1, 0.15) is 11.5 Å². The number of halogens is 2. The first-order chi connectivity index (χ1) is 13.9. The molecular weight excluding hydrogens is 437 g/mol. The molecule has 1 saturated heterocycles. The quantitative estimate of drug-likeness (QED) is 0.711. The van der Waals surface area contributed by atoms with Crippen LogP contribution in [0.25, 0.3) is 6.08 Å². The molecule has 1 aliphatic heterocycles. The van der Waals surface area contributed by atoms with Crippen LogP contribution in [0.15, 0.2) is 58.7 Å². The molecule has 2 aromatic rings. The summed E-state index contributed by atoms with van der Waals surface area (Å²) in [6, 6.07) is 12.9. The third-order valence-electron chi connectivity index (χ3n) is 4.76. The van der Waals surface area contributed by atoms with Crippen LogP contribution in [0.5, 0.6) is 0 Å². The molecule has 0 radical (unpaired) electrons. The van der Waals surface area contributed by atoms with Gasteiger partial charge >= 0.3 is 0 Å². The van der Waals surface area contributed by atoms with Gasteiger partial charge in [-0.05, 0) is 71.8 Å². The normalized spacial score (nSPS) is 15.7. The molecule has 152 valence electrons. The molecule has 5 nitrogen and oxygen atoms in total. The average molecular weight is 460 g/mol. The fraction of sp³-hybridized carbons (Fsp3) is 0.273. The van der Waals surface area contributed by atoms with Gasteiger partial charge in [-0.3, -0.25) is 9.59 Å². The molecule has 0 aromatic heterocycles. The summed E-state index contributed by atoms with van der Waals surface area (Å²) in [5.74, 6) is -1.08. The third kappa shape index (κ3) is 5.74. The van der Waals surface area contributed by atoms with Gasteiger partial charge in [0.25, 0.3) is 11.8 Å². The zero-order valence-electron chi connectivity index (χ0n) is 16.2. The number of hydrogen-bond acceptors (Lipinski definition) is 3. The Morgan fingerprint density at radius 2 is 1.86 bits per heavy atom. The summed E-state index contributed by atoms with van der Waals surface area (Å²) in [7, 11) is 2.02. The van der Waals surface area contributed by atoms with Crippen LogP contribution in [-0.4, -0.2) is 54.8 Å². The second-order valence-electron chi connectivity index (χ2n) is 7.00. The van der Waals surface area contributed by atoms with Crippen molar-refractivity contribution >= 4 is 33.8 Å². The zero-order valence-corrected chi connectivity index (χ0v) is 17.8. The maximum atomic E-state index is 13.6. The lowest BCUT2D eigenvalue weighted by Gasteiger charge is -2.22. The lowest BCUT2D eigenvalue weighted by Crippen LogP contribution is -2.40. The number of nitrogens with zero attached hydrogens (tertiary/aromatic N) is 2. The van der Waals surface area contributed by atoms with Crippen molar-refractivity contribution in [3.63, 3.8) is 0 Å². The van der Waals surface area contributed by atoms with Crippen molar-refractivity contribution < 1.29 is 14.0 Å². The summed E-state index contributed by atoms with van der Waals surface area (Å²) >= 11 is 3.36. The van der Waals surface area contributed by atoms with E-state index in [-0.39, 0.29) is 11.6 Å². The van der Waals surface area contributed by atoms with E-state index in [2.05, 4.69) is 26.1 Å². The van der Waals surface area contributed by atoms with Crippen LogP contribution < -0.4 is 5.32 Å². The first-order valence-electron chi connectivity index (χ1n) is 9.45. The zero-order chi connectivity index (χ0) is 20.8. The van der Waals surface area contributed by atoms with E-state index >= 15 is 0 Å². The molecule has 2 amide bonds. The molecule has 1 fully saturated rings. The van der Waals surface area contributed by atoms with Gasteiger partial charge in [-0.1, -0.05) is 24.3 Å². The Morgan fingerprint density at radius 1 is 1.07 bits per heavy atom. The minimum absolute atomic E-state index is 0.126. The maximum Gasteiger partial charge on any atom is 0.270 e. The van der Waals surface area contributed by atoms with E-state index in [0.717, 1.165) is 19.5 Å². The number of nitrogens with one attached hydrogen (secondary N) is 1. The molecule has 0 saturated carbocycles. The average Bonchev–Trinajstić information content (AvgIpc) is 2.91. The van der Waals surface area contributed by atoms with E-state index in [1.54, 1.807) is 35.2 Å². The Labute approximate surface area is 178 Å². The van der Waals surface area contributed by atoms with Crippen LogP contribution in [0.2, 0.25) is 0 Å². The number of amides is 2. The van der Waals surface area contributed by atoms with Gasteiger partial charge in [0, 0.05) is 24.1 Å². The summed E-state index contributed by atoms with van der Waals surface area (Å²) < 4.78 is 14.3. The highest BCUT2D eigenvalue weighted by atomic mass is 79.9. The minimum atomic E-state index is -0.404. The minimum Gasteiger partial charge on any atom is -0.336 e. The van der Waals surface area contributed by atoms with E-state index in [4.69, 9.17) is 0 Å². The number of hydrogen-bond donors (Lipinski definition) is 1. The van der Waals surface area contributed by atoms with Crippen LogP contribution in [0, 0.1) is 5.82 Å². The molecule has 0 spiro atoms. The van der Waals surface area contributed by atoms with Crippen LogP contribution in [0.4, 0.5) is 4.39 Å². The molecule has 0 unspecified atom stereocenters. The Kier molecular flexibility index (Phi) is 7.17. The van der Waals surface area contributed by atoms with Crippen molar-refractivity contribution in [3.05, 3.63) is 75.6 Å². The number of likely N-dealkylation sites (N-methyl/N-ethyl adjacent to an activating group) is 1. The lowest BCUT2D eigenvalue weighted by atomic mass is 10.1. The summed E-state index contributed by atoms with van der Waals surface area (Å²) in [6.07, 6.45) is 2.38. The molecule has 0 atom stereocenters. The maximum absolute atomic E-state index is 13.6. The summed E-state index contributed by atoms with van der Waals surface area (Å²) in [4.78, 5) is 29.9. The van der Waals surface area contributed by atoms with Crippen LogP contribution >= 0.6 is 15.9 Å². The summed E-state index contributed by atoms with van der Waals surface area (Å²) in [5, 5.41) is 2.74. The molecular formula is C22H23BrFN3O2. The highest BCUT2D eigenvalue weighted by Gasteiger charge is 2.23. The molecule has 1 N–H and O–H groups in total. The molecule has 29 heavy (non-hydrogen) atoms. The number of benzene rings is 2. The fourth-order valence-corrected chi connectivity index (χ4v) is 3.63. The van der Waals surface area contributed by atoms with E-state index in [9.17, 15) is 14.0 Å². The molecule has 7 heteroatoms. The lowest BCUT2D eigenvalue weighted by molar-refractivity contribution is -0.127. The van der Waals surface area contributed by atoms with E-state index in [1.165, 1.54) is 18.2 Å². The standard InChI is InChI=1S/C22H23BrFN3O2/c1-26-10-5-11-27(13-12-26)22(29)20(15-16-6-4-7-17(24)14-16)25-21(28)18-8-2-3-9-19(18)23/h2-4,6-9,14-15H,5,10-13H2,1H3,(H,25,28)/b20-15+. The molecule has 0 aliphatic carbocycles. The molecule has 1 aliphatic rings. The SMILES string of the molecule is CN1CCCN(C(=O)/C(=C\c2cccc(F)c2)NC(=O)c2ccccc2Br)CC1. The number of carbonyl (C=O) groups is 2. The van der Waals surface area contributed by atoms with Gasteiger partial charge in [-0.25, -0.2) is 4.39 Å². The predicted molar refractivity (Wildman–Crippen MR) is 115 cm³/mol. The largest absolute Gasteiger partial charge is 0.336 e. The fourth-order valence-electron chi connectivity index (χ4n) is 3.17. The van der Waals surface area contributed by atoms with Crippen molar-refractivity contribution in [2.75, 3.05) is 33.2 Å². The van der Waals surface area contributed by atoms with Crippen molar-refractivity contribution in [2.45, 2.75) is 6.42 Å². The monoisotopic (exact) mass is 459 g/mol. The Balaban J connectivity index is 1.90. The van der Waals surface area contributed by atoms with Gasteiger partial charge in [-0.2, -0.15) is 0 Å². The molecule has 0 bridgehead atoms. The topological polar surface area (TPSA) is 52.6 Å². The summed E-state index contributed by atoms with van der Waals surface area (Å²) in [5.41, 5.74) is 1.05. The Bertz CT molecular complexity index is 932. The highest BCUT2D eigenvalue weighted by Crippen LogP contribution is 2.17. The van der Waals surface area contributed by atoms with E-state index < -0.39 is 11.7 Å². The van der Waals surface area contributed by atoms with Crippen LogP contribution in [-0.2, 0) is 4.79 Å². The number of rotatable bonds is 4. The van der Waals surface area contributed by atoms with Gasteiger partial charge in [0.05, 0.1) is 5.56 Å². The van der Waals surface area contributed by atoms with E-state index in [1.807, 2.05) is 13.1 Å². The van der Waals surface area contributed by atoms with E-state index in [0.29, 0.717) is 28.7 Å². The van der Waals surface area contributed by atoms with Gasteiger partial charge < -0.3 is 15.1 Å². The van der Waals surface area contributed by atoms with Gasteiger partial charge in [-0.15, -0.1) is 0 Å². The van der Waals surface area contributed by atoms with Gasteiger partial charge in [0.15, 0.2) is 0 Å². The van der Waals surface area contributed by atoms with Crippen molar-refractivity contribution in [1.29, 1.82) is 0 Å². The molecule has 1 heterocycles. The second kappa shape index (κ2) is 9.80. The smallest absolute Gasteiger partial charge is 0.270 e. The third-order valence-corrected chi connectivity index (χ3v) is 5.45. The number of carbonyl (C=O) groups excluding carboxylic acids is 2. The first kappa shape index (κ1) is 21.2. The van der Waals surface area contributed by atoms with Gasteiger partial charge in [0.2, 0.25) is 0 Å². The summed E-state index contributed by atoms with van der Waals surface area (Å²) in [6.45, 7) is 2.85. The van der Waals surface area contributed by atoms with Crippen molar-refractivity contribution in [3.8, 4) is 0 Å². The highest BCUT2D eigenvalue weighted by molar-refractivity contribution is 9.10. The predicted octanol–water partition coefficient (Wildman–Crippen LogP) is 3.52. The molecule has 2 aromatic carbocycles. The Morgan fingerprint density at radius 3 is 2.62 bits per heavy atom. The second-order valence-corrected chi connectivity index (χ2v) is 7.85. The molecule has 3 rings (SSSR count). The Hall–Kier alpha value is -2.51. The first-order valence-corrected chi connectivity index (χ1v) is 10.2. The van der Waals surface area contributed by atoms with Crippen molar-refractivity contribution in [1.82, 2.24) is 15.1 Å². The van der Waals surface area contributed by atoms with Crippen molar-refractivity contribution in [2.24, 2.45) is 0 Å². The van der Waals surface area contributed by atoms with Crippen LogP contribution in [0.1, 0.15) is 22.3 Å².